The van der Waals surface area contributed by atoms with Gasteiger partial charge in [0, 0.05) is 10.7 Å². The molecular formula is C14H14ClN3O3S. The van der Waals surface area contributed by atoms with Crippen molar-refractivity contribution in [2.24, 2.45) is 0 Å². The summed E-state index contributed by atoms with van der Waals surface area (Å²) in [7, 11) is -4.03. The smallest absolute Gasteiger partial charge is 0.307 e. The maximum Gasteiger partial charge on any atom is 0.334 e. The van der Waals surface area contributed by atoms with Gasteiger partial charge in [-0.15, -0.1) is 0 Å². The highest BCUT2D eigenvalue weighted by atomic mass is 35.5. The SMILES string of the molecule is Cc1ccc(NC(=O)NS(=O)(=O)Nc2ccc(Cl)cc2)cc1. The predicted molar refractivity (Wildman–Crippen MR) is 87.3 cm³/mol. The van der Waals surface area contributed by atoms with E-state index >= 15 is 0 Å². The third kappa shape index (κ3) is 4.94. The van der Waals surface area contributed by atoms with Gasteiger partial charge in [0.25, 0.3) is 0 Å². The molecule has 2 amide bonds. The van der Waals surface area contributed by atoms with Crippen LogP contribution in [0, 0.1) is 6.92 Å². The maximum absolute atomic E-state index is 11.8. The molecule has 2 aromatic carbocycles. The number of carbonyl (C=O) groups excluding carboxylic acids is 1. The minimum atomic E-state index is -4.03. The molecule has 0 spiro atoms. The maximum atomic E-state index is 11.8. The first-order chi connectivity index (χ1) is 10.3. The van der Waals surface area contributed by atoms with Crippen molar-refractivity contribution in [2.75, 3.05) is 10.0 Å². The van der Waals surface area contributed by atoms with Crippen LogP contribution in [0.25, 0.3) is 0 Å². The van der Waals surface area contributed by atoms with Gasteiger partial charge < -0.3 is 5.32 Å². The zero-order valence-corrected chi connectivity index (χ0v) is 13.2. The Morgan fingerprint density at radius 2 is 1.50 bits per heavy atom. The minimum absolute atomic E-state index is 0.292. The van der Waals surface area contributed by atoms with E-state index < -0.39 is 16.2 Å². The Kier molecular flexibility index (Phi) is 4.89. The summed E-state index contributed by atoms with van der Waals surface area (Å²) in [6.07, 6.45) is 0. The van der Waals surface area contributed by atoms with Crippen LogP contribution in [-0.2, 0) is 10.2 Å². The van der Waals surface area contributed by atoms with Gasteiger partial charge in [-0.1, -0.05) is 29.3 Å². The Labute approximate surface area is 133 Å². The molecule has 22 heavy (non-hydrogen) atoms. The second kappa shape index (κ2) is 6.67. The summed E-state index contributed by atoms with van der Waals surface area (Å²) < 4.78 is 27.7. The predicted octanol–water partition coefficient (Wildman–Crippen LogP) is 3.13. The van der Waals surface area contributed by atoms with E-state index in [0.29, 0.717) is 16.4 Å². The second-order valence-electron chi connectivity index (χ2n) is 4.53. The van der Waals surface area contributed by atoms with Crippen molar-refractivity contribution in [3.8, 4) is 0 Å². The van der Waals surface area contributed by atoms with Gasteiger partial charge in [-0.2, -0.15) is 8.42 Å². The normalized spacial score (nSPS) is 10.8. The third-order valence-corrected chi connectivity index (χ3v) is 3.84. The van der Waals surface area contributed by atoms with Gasteiger partial charge in [-0.05, 0) is 43.3 Å². The molecule has 2 rings (SSSR count). The van der Waals surface area contributed by atoms with E-state index in [9.17, 15) is 13.2 Å². The van der Waals surface area contributed by atoms with Crippen LogP contribution in [0.4, 0.5) is 16.2 Å². The molecule has 0 saturated heterocycles. The fraction of sp³-hybridized carbons (Fsp3) is 0.0714. The Balaban J connectivity index is 1.97. The third-order valence-electron chi connectivity index (χ3n) is 2.63. The highest BCUT2D eigenvalue weighted by molar-refractivity contribution is 7.91. The van der Waals surface area contributed by atoms with Crippen LogP contribution in [0.1, 0.15) is 5.56 Å². The van der Waals surface area contributed by atoms with Crippen LogP contribution in [0.5, 0.6) is 0 Å². The van der Waals surface area contributed by atoms with Crippen molar-refractivity contribution >= 4 is 39.2 Å². The fourth-order valence-electron chi connectivity index (χ4n) is 1.61. The second-order valence-corrected chi connectivity index (χ2v) is 6.39. The van der Waals surface area contributed by atoms with Gasteiger partial charge in [-0.3, -0.25) is 4.72 Å². The number of benzene rings is 2. The van der Waals surface area contributed by atoms with Gasteiger partial charge in [-0.25, -0.2) is 9.52 Å². The van der Waals surface area contributed by atoms with E-state index in [4.69, 9.17) is 11.6 Å². The van der Waals surface area contributed by atoms with Gasteiger partial charge in [0.15, 0.2) is 0 Å². The van der Waals surface area contributed by atoms with E-state index in [1.54, 1.807) is 24.3 Å². The first-order valence-corrected chi connectivity index (χ1v) is 8.14. The highest BCUT2D eigenvalue weighted by Gasteiger charge is 2.14. The van der Waals surface area contributed by atoms with Gasteiger partial charge in [0.05, 0.1) is 5.69 Å². The molecule has 0 unspecified atom stereocenters. The molecule has 6 nitrogen and oxygen atoms in total. The minimum Gasteiger partial charge on any atom is -0.307 e. The van der Waals surface area contributed by atoms with E-state index in [1.807, 2.05) is 11.6 Å². The van der Waals surface area contributed by atoms with E-state index in [-0.39, 0.29) is 0 Å². The molecule has 0 atom stereocenters. The lowest BCUT2D eigenvalue weighted by molar-refractivity contribution is 0.256. The van der Waals surface area contributed by atoms with Crippen LogP contribution in [0.2, 0.25) is 5.02 Å². The van der Waals surface area contributed by atoms with Crippen LogP contribution in [-0.4, -0.2) is 14.4 Å². The first-order valence-electron chi connectivity index (χ1n) is 6.28. The van der Waals surface area contributed by atoms with Gasteiger partial charge >= 0.3 is 16.2 Å². The van der Waals surface area contributed by atoms with E-state index in [2.05, 4.69) is 10.0 Å². The lowest BCUT2D eigenvalue weighted by atomic mass is 10.2. The molecule has 3 N–H and O–H groups in total. The summed E-state index contributed by atoms with van der Waals surface area (Å²) in [4.78, 5) is 11.7. The number of carbonyl (C=O) groups is 1. The topological polar surface area (TPSA) is 87.3 Å². The molecule has 116 valence electrons. The number of nitrogens with one attached hydrogen (secondary N) is 3. The van der Waals surface area contributed by atoms with Crippen molar-refractivity contribution in [3.63, 3.8) is 0 Å². The van der Waals surface area contributed by atoms with Crippen LogP contribution in [0.3, 0.4) is 0 Å². The Bertz CT molecular complexity index is 759. The summed E-state index contributed by atoms with van der Waals surface area (Å²) in [5.41, 5.74) is 1.81. The van der Waals surface area contributed by atoms with Gasteiger partial charge in [0.2, 0.25) is 0 Å². The number of hydrogen-bond donors (Lipinski definition) is 3. The quantitative estimate of drug-likeness (QED) is 0.799. The summed E-state index contributed by atoms with van der Waals surface area (Å²) in [6, 6.07) is 12.1. The van der Waals surface area contributed by atoms with E-state index in [1.165, 1.54) is 24.3 Å². The number of hydrogen-bond acceptors (Lipinski definition) is 3. The van der Waals surface area contributed by atoms with Gasteiger partial charge in [0.1, 0.15) is 0 Å². The summed E-state index contributed by atoms with van der Waals surface area (Å²) >= 11 is 5.71. The zero-order chi connectivity index (χ0) is 16.2. The number of rotatable bonds is 4. The number of urea groups is 1. The largest absolute Gasteiger partial charge is 0.334 e. The number of aryl methyl sites for hydroxylation is 1. The molecule has 0 aliphatic heterocycles. The first kappa shape index (κ1) is 16.1. The Morgan fingerprint density at radius 1 is 0.955 bits per heavy atom. The fourth-order valence-corrected chi connectivity index (χ4v) is 2.53. The molecule has 0 radical (unpaired) electrons. The Morgan fingerprint density at radius 3 is 2.09 bits per heavy atom. The summed E-state index contributed by atoms with van der Waals surface area (Å²) in [6.45, 7) is 1.91. The number of anilines is 2. The molecule has 0 aliphatic carbocycles. The number of amides is 2. The molecular weight excluding hydrogens is 326 g/mol. The number of halogens is 1. The zero-order valence-electron chi connectivity index (χ0n) is 11.6. The lowest BCUT2D eigenvalue weighted by Gasteiger charge is -2.10. The standard InChI is InChI=1S/C14H14ClN3O3S/c1-10-2-6-12(7-3-10)16-14(19)18-22(20,21)17-13-8-4-11(15)5-9-13/h2-9,17H,1H3,(H2,16,18,19). The van der Waals surface area contributed by atoms with Crippen molar-refractivity contribution < 1.29 is 13.2 Å². The molecule has 8 heteroatoms. The molecule has 0 aliphatic rings. The average Bonchev–Trinajstić information content (AvgIpc) is 2.43. The molecule has 0 aromatic heterocycles. The summed E-state index contributed by atoms with van der Waals surface area (Å²) in [5, 5.41) is 2.91. The average molecular weight is 340 g/mol. The van der Waals surface area contributed by atoms with Crippen molar-refractivity contribution in [1.29, 1.82) is 0 Å². The lowest BCUT2D eigenvalue weighted by Crippen LogP contribution is -2.38. The van der Waals surface area contributed by atoms with Crippen LogP contribution >= 0.6 is 11.6 Å². The molecule has 0 saturated carbocycles. The van der Waals surface area contributed by atoms with Crippen LogP contribution < -0.4 is 14.8 Å². The van der Waals surface area contributed by atoms with E-state index in [0.717, 1.165) is 5.56 Å². The van der Waals surface area contributed by atoms with Crippen molar-refractivity contribution in [1.82, 2.24) is 4.72 Å². The monoisotopic (exact) mass is 339 g/mol. The van der Waals surface area contributed by atoms with Crippen molar-refractivity contribution in [2.45, 2.75) is 6.92 Å². The molecule has 0 heterocycles. The molecule has 0 bridgehead atoms. The molecule has 0 fully saturated rings. The molecule has 2 aromatic rings. The van der Waals surface area contributed by atoms with Crippen LogP contribution in [0.15, 0.2) is 48.5 Å². The summed E-state index contributed by atoms with van der Waals surface area (Å²) in [5.74, 6) is 0. The van der Waals surface area contributed by atoms with Crippen molar-refractivity contribution in [3.05, 3.63) is 59.1 Å². The Hall–Kier alpha value is -2.25. The highest BCUT2D eigenvalue weighted by Crippen LogP contribution is 2.14.